The van der Waals surface area contributed by atoms with Crippen LogP contribution < -0.4 is 4.74 Å². The second-order valence-electron chi connectivity index (χ2n) is 4.34. The van der Waals surface area contributed by atoms with Crippen molar-refractivity contribution in [1.29, 1.82) is 0 Å². The number of rotatable bonds is 4. The lowest BCUT2D eigenvalue weighted by Crippen LogP contribution is -2.22. The summed E-state index contributed by atoms with van der Waals surface area (Å²) in [4.78, 5) is 3.93. The Morgan fingerprint density at radius 3 is 2.38 bits per heavy atom. The minimum absolute atomic E-state index is 0.833. The van der Waals surface area contributed by atoms with Crippen molar-refractivity contribution < 1.29 is 4.74 Å². The quantitative estimate of drug-likeness (QED) is 0.689. The van der Waals surface area contributed by atoms with Crippen LogP contribution >= 0.6 is 0 Å². The average Bonchev–Trinajstić information content (AvgIpc) is 2.04. The largest absolute Gasteiger partial charge is 0.494 e. The van der Waals surface area contributed by atoms with E-state index >= 15 is 0 Å². The van der Waals surface area contributed by atoms with E-state index in [9.17, 15) is 0 Å². The van der Waals surface area contributed by atoms with Crippen LogP contribution in [0.4, 0.5) is 0 Å². The van der Waals surface area contributed by atoms with Crippen molar-refractivity contribution in [1.82, 2.24) is 4.98 Å². The Balaban J connectivity index is 2.29. The molecule has 0 amide bonds. The van der Waals surface area contributed by atoms with Crippen LogP contribution in [0.2, 0.25) is 25.7 Å². The minimum Gasteiger partial charge on any atom is -0.494 e. The Morgan fingerprint density at radius 1 is 1.23 bits per heavy atom. The molecule has 0 aliphatic heterocycles. The molecule has 1 aromatic rings. The summed E-state index contributed by atoms with van der Waals surface area (Å²) in [5.74, 6) is 0.924. The maximum absolute atomic E-state index is 5.58. The van der Waals surface area contributed by atoms with Crippen LogP contribution in [0.5, 0.6) is 5.75 Å². The molecule has 1 aromatic heterocycles. The van der Waals surface area contributed by atoms with Gasteiger partial charge in [-0.2, -0.15) is 0 Å². The van der Waals surface area contributed by atoms with Gasteiger partial charge >= 0.3 is 0 Å². The Hall–Kier alpha value is -0.833. The third kappa shape index (κ3) is 4.68. The van der Waals surface area contributed by atoms with Crippen LogP contribution in [0.15, 0.2) is 24.5 Å². The fourth-order valence-electron chi connectivity index (χ4n) is 0.910. The normalized spacial score (nSPS) is 11.3. The minimum atomic E-state index is -0.952. The summed E-state index contributed by atoms with van der Waals surface area (Å²) in [5.41, 5.74) is 0. The molecule has 0 aromatic carbocycles. The second-order valence-corrected chi connectivity index (χ2v) is 9.96. The Labute approximate surface area is 81.0 Å². The van der Waals surface area contributed by atoms with Crippen molar-refractivity contribution in [2.75, 3.05) is 6.61 Å². The molecule has 3 heteroatoms. The van der Waals surface area contributed by atoms with Crippen molar-refractivity contribution >= 4 is 8.07 Å². The van der Waals surface area contributed by atoms with Gasteiger partial charge in [-0.05, 0) is 18.2 Å². The average molecular weight is 195 g/mol. The third-order valence-electron chi connectivity index (χ3n) is 1.77. The number of ether oxygens (including phenoxy) is 1. The zero-order valence-electron chi connectivity index (χ0n) is 8.58. The molecule has 0 atom stereocenters. The molecule has 0 fully saturated rings. The van der Waals surface area contributed by atoms with E-state index in [-0.39, 0.29) is 0 Å². The van der Waals surface area contributed by atoms with Gasteiger partial charge in [-0.3, -0.25) is 4.98 Å². The molecule has 0 radical (unpaired) electrons. The van der Waals surface area contributed by atoms with Crippen LogP contribution in [-0.2, 0) is 0 Å². The molecule has 1 rings (SSSR count). The first kappa shape index (κ1) is 10.2. The monoisotopic (exact) mass is 195 g/mol. The lowest BCUT2D eigenvalue weighted by molar-refractivity contribution is 0.338. The SMILES string of the molecule is C[Si](C)(C)CCOc1ccncc1. The smallest absolute Gasteiger partial charge is 0.122 e. The highest BCUT2D eigenvalue weighted by Crippen LogP contribution is 2.11. The van der Waals surface area contributed by atoms with Gasteiger partial charge in [0, 0.05) is 20.5 Å². The van der Waals surface area contributed by atoms with Gasteiger partial charge in [0.05, 0.1) is 6.61 Å². The fourth-order valence-corrected chi connectivity index (χ4v) is 1.62. The van der Waals surface area contributed by atoms with Gasteiger partial charge in [-0.25, -0.2) is 0 Å². The van der Waals surface area contributed by atoms with Gasteiger partial charge < -0.3 is 4.74 Å². The van der Waals surface area contributed by atoms with Crippen LogP contribution in [0.3, 0.4) is 0 Å². The van der Waals surface area contributed by atoms with E-state index in [0.29, 0.717) is 0 Å². The number of hydrogen-bond acceptors (Lipinski definition) is 2. The topological polar surface area (TPSA) is 22.1 Å². The molecule has 0 saturated carbocycles. The fraction of sp³-hybridized carbons (Fsp3) is 0.500. The lowest BCUT2D eigenvalue weighted by Gasteiger charge is -2.15. The number of hydrogen-bond donors (Lipinski definition) is 0. The Kier molecular flexibility index (Phi) is 3.48. The van der Waals surface area contributed by atoms with E-state index in [2.05, 4.69) is 24.6 Å². The van der Waals surface area contributed by atoms with Crippen molar-refractivity contribution in [2.45, 2.75) is 25.7 Å². The standard InChI is InChI=1S/C10H17NOSi/c1-13(2,3)9-8-12-10-4-6-11-7-5-10/h4-7H,8-9H2,1-3H3. The molecule has 0 saturated heterocycles. The molecule has 0 unspecified atom stereocenters. The molecule has 0 spiro atoms. The van der Waals surface area contributed by atoms with E-state index in [1.165, 1.54) is 6.04 Å². The van der Waals surface area contributed by atoms with Gasteiger partial charge in [0.1, 0.15) is 5.75 Å². The van der Waals surface area contributed by atoms with Gasteiger partial charge in [0.25, 0.3) is 0 Å². The van der Waals surface area contributed by atoms with Crippen molar-refractivity contribution in [3.8, 4) is 5.75 Å². The van der Waals surface area contributed by atoms with E-state index in [4.69, 9.17) is 4.74 Å². The summed E-state index contributed by atoms with van der Waals surface area (Å²) < 4.78 is 5.58. The summed E-state index contributed by atoms with van der Waals surface area (Å²) in [6.07, 6.45) is 3.51. The number of aromatic nitrogens is 1. The summed E-state index contributed by atoms with van der Waals surface area (Å²) in [6, 6.07) is 4.99. The van der Waals surface area contributed by atoms with Gasteiger partial charge in [-0.1, -0.05) is 19.6 Å². The first-order valence-corrected chi connectivity index (χ1v) is 8.31. The Morgan fingerprint density at radius 2 is 1.85 bits per heavy atom. The van der Waals surface area contributed by atoms with E-state index in [1.807, 2.05) is 12.1 Å². The maximum Gasteiger partial charge on any atom is 0.122 e. The summed E-state index contributed by atoms with van der Waals surface area (Å²) >= 11 is 0. The van der Waals surface area contributed by atoms with E-state index < -0.39 is 8.07 Å². The number of pyridine rings is 1. The first-order valence-electron chi connectivity index (χ1n) is 4.61. The van der Waals surface area contributed by atoms with Crippen LogP contribution in [0.1, 0.15) is 0 Å². The molecule has 1 heterocycles. The summed E-state index contributed by atoms with van der Waals surface area (Å²) in [7, 11) is -0.952. The molecule has 0 aliphatic carbocycles. The summed E-state index contributed by atoms with van der Waals surface area (Å²) in [5, 5.41) is 0. The van der Waals surface area contributed by atoms with Crippen LogP contribution in [0, 0.1) is 0 Å². The third-order valence-corrected chi connectivity index (χ3v) is 3.47. The highest BCUT2D eigenvalue weighted by Gasteiger charge is 2.12. The van der Waals surface area contributed by atoms with Gasteiger partial charge in [-0.15, -0.1) is 0 Å². The van der Waals surface area contributed by atoms with Crippen molar-refractivity contribution in [3.05, 3.63) is 24.5 Å². The lowest BCUT2D eigenvalue weighted by atomic mass is 10.5. The molecule has 0 bridgehead atoms. The van der Waals surface area contributed by atoms with Crippen molar-refractivity contribution in [3.63, 3.8) is 0 Å². The van der Waals surface area contributed by atoms with Crippen molar-refractivity contribution in [2.24, 2.45) is 0 Å². The van der Waals surface area contributed by atoms with E-state index in [1.54, 1.807) is 12.4 Å². The highest BCUT2D eigenvalue weighted by atomic mass is 28.3. The molecule has 0 aliphatic rings. The van der Waals surface area contributed by atoms with Gasteiger partial charge in [0.2, 0.25) is 0 Å². The predicted octanol–water partition coefficient (Wildman–Crippen LogP) is 2.80. The summed E-state index contributed by atoms with van der Waals surface area (Å²) in [6.45, 7) is 7.88. The zero-order chi connectivity index (χ0) is 9.73. The molecule has 0 N–H and O–H groups in total. The Bertz CT molecular complexity index is 243. The number of nitrogens with zero attached hydrogens (tertiary/aromatic N) is 1. The predicted molar refractivity (Wildman–Crippen MR) is 57.9 cm³/mol. The molecular formula is C10H17NOSi. The molecule has 2 nitrogen and oxygen atoms in total. The molecular weight excluding hydrogens is 178 g/mol. The van der Waals surface area contributed by atoms with Gasteiger partial charge in [0.15, 0.2) is 0 Å². The van der Waals surface area contributed by atoms with Crippen LogP contribution in [-0.4, -0.2) is 19.7 Å². The molecule has 13 heavy (non-hydrogen) atoms. The highest BCUT2D eigenvalue weighted by molar-refractivity contribution is 6.76. The zero-order valence-corrected chi connectivity index (χ0v) is 9.58. The second kappa shape index (κ2) is 4.42. The first-order chi connectivity index (χ1) is 6.08. The van der Waals surface area contributed by atoms with E-state index in [0.717, 1.165) is 12.4 Å². The molecule has 72 valence electrons. The maximum atomic E-state index is 5.58. The van der Waals surface area contributed by atoms with Crippen LogP contribution in [0.25, 0.3) is 0 Å².